The number of benzene rings is 4. The summed E-state index contributed by atoms with van der Waals surface area (Å²) in [6, 6.07) is 43.6. The fourth-order valence-electron chi connectivity index (χ4n) is 4.96. The molecule has 0 heteroatoms. The van der Waals surface area contributed by atoms with Crippen molar-refractivity contribution in [1.82, 2.24) is 0 Å². The standard InChI is InChI=1S/C30H22/c1-5-13-21(14-6-1)25-26(22-15-7-2-8-16-22)29(25)30-27(23-17-9-3-10-18-23)28(30)24-19-11-4-12-20-24/h1-20,29-30H. The highest BCUT2D eigenvalue weighted by Crippen LogP contribution is 2.69. The maximum atomic E-state index is 2.25. The van der Waals surface area contributed by atoms with Crippen LogP contribution in [0.1, 0.15) is 22.3 Å². The number of allylic oxidation sites excluding steroid dienone is 4. The molecule has 2 aliphatic carbocycles. The first-order valence-corrected chi connectivity index (χ1v) is 10.6. The molecule has 0 amide bonds. The first kappa shape index (κ1) is 17.2. The Morgan fingerprint density at radius 2 is 0.467 bits per heavy atom. The predicted octanol–water partition coefficient (Wildman–Crippen LogP) is 7.47. The van der Waals surface area contributed by atoms with Crippen LogP contribution in [0.5, 0.6) is 0 Å². The second-order valence-corrected chi connectivity index (χ2v) is 8.07. The van der Waals surface area contributed by atoms with Crippen LogP contribution in [0.4, 0.5) is 0 Å². The second-order valence-electron chi connectivity index (χ2n) is 8.07. The Bertz CT molecular complexity index is 1040. The fraction of sp³-hybridized carbons (Fsp3) is 0.0667. The number of hydrogen-bond donors (Lipinski definition) is 0. The SMILES string of the molecule is c1ccc(C2=C(c3ccccc3)C2C2C(c3ccccc3)=C2c2ccccc2)cc1. The van der Waals surface area contributed by atoms with E-state index in [4.69, 9.17) is 0 Å². The van der Waals surface area contributed by atoms with Crippen molar-refractivity contribution < 1.29 is 0 Å². The maximum Gasteiger partial charge on any atom is 0.0218 e. The predicted molar refractivity (Wildman–Crippen MR) is 126 cm³/mol. The molecule has 0 unspecified atom stereocenters. The molecular formula is C30H22. The molecule has 6 rings (SSSR count). The van der Waals surface area contributed by atoms with Crippen molar-refractivity contribution in [2.45, 2.75) is 0 Å². The summed E-state index contributed by atoms with van der Waals surface area (Å²) in [6.07, 6.45) is 0. The van der Waals surface area contributed by atoms with Crippen LogP contribution in [0.25, 0.3) is 22.3 Å². The molecule has 0 radical (unpaired) electrons. The van der Waals surface area contributed by atoms with E-state index in [1.54, 1.807) is 0 Å². The molecule has 142 valence electrons. The van der Waals surface area contributed by atoms with Crippen molar-refractivity contribution >= 4 is 22.3 Å². The summed E-state index contributed by atoms with van der Waals surface area (Å²) >= 11 is 0. The van der Waals surface area contributed by atoms with Crippen LogP contribution >= 0.6 is 0 Å². The summed E-state index contributed by atoms with van der Waals surface area (Å²) in [7, 11) is 0. The summed E-state index contributed by atoms with van der Waals surface area (Å²) in [5.74, 6) is 0.917. The summed E-state index contributed by atoms with van der Waals surface area (Å²) in [6.45, 7) is 0. The third-order valence-corrected chi connectivity index (χ3v) is 6.33. The Kier molecular flexibility index (Phi) is 4.02. The topological polar surface area (TPSA) is 0 Å². The lowest BCUT2D eigenvalue weighted by Crippen LogP contribution is -1.94. The average Bonchev–Trinajstić information content (AvgIpc) is 3.73. The molecule has 0 spiro atoms. The summed E-state index contributed by atoms with van der Waals surface area (Å²) in [5, 5.41) is 0. The third kappa shape index (κ3) is 2.84. The van der Waals surface area contributed by atoms with E-state index in [2.05, 4.69) is 121 Å². The van der Waals surface area contributed by atoms with Crippen LogP contribution in [-0.4, -0.2) is 0 Å². The molecule has 0 saturated heterocycles. The lowest BCUT2D eigenvalue weighted by atomic mass is 9.97. The minimum absolute atomic E-state index is 0.459. The Hall–Kier alpha value is -3.64. The van der Waals surface area contributed by atoms with Crippen LogP contribution in [0.3, 0.4) is 0 Å². The second kappa shape index (κ2) is 7.00. The minimum Gasteiger partial charge on any atom is -0.0622 e. The Balaban J connectivity index is 1.44. The van der Waals surface area contributed by atoms with E-state index < -0.39 is 0 Å². The quantitative estimate of drug-likeness (QED) is 0.336. The monoisotopic (exact) mass is 382 g/mol. The van der Waals surface area contributed by atoms with Crippen molar-refractivity contribution in [3.63, 3.8) is 0 Å². The summed E-state index contributed by atoms with van der Waals surface area (Å²) < 4.78 is 0. The van der Waals surface area contributed by atoms with E-state index in [0.29, 0.717) is 11.8 Å². The zero-order valence-electron chi connectivity index (χ0n) is 16.7. The van der Waals surface area contributed by atoms with Gasteiger partial charge in [0.05, 0.1) is 0 Å². The fourth-order valence-corrected chi connectivity index (χ4v) is 4.96. The molecule has 0 saturated carbocycles. The first-order valence-electron chi connectivity index (χ1n) is 10.6. The van der Waals surface area contributed by atoms with Gasteiger partial charge < -0.3 is 0 Å². The van der Waals surface area contributed by atoms with Gasteiger partial charge in [0.15, 0.2) is 0 Å². The Labute approximate surface area is 177 Å². The van der Waals surface area contributed by atoms with Gasteiger partial charge in [-0.15, -0.1) is 0 Å². The highest BCUT2D eigenvalue weighted by atomic mass is 14.6. The van der Waals surface area contributed by atoms with Crippen LogP contribution in [-0.2, 0) is 0 Å². The van der Waals surface area contributed by atoms with Gasteiger partial charge in [-0.05, 0) is 44.5 Å². The van der Waals surface area contributed by atoms with Crippen molar-refractivity contribution in [3.05, 3.63) is 144 Å². The molecule has 0 aliphatic heterocycles. The molecule has 2 aliphatic rings. The van der Waals surface area contributed by atoms with E-state index in [-0.39, 0.29) is 0 Å². The van der Waals surface area contributed by atoms with E-state index in [1.165, 1.54) is 44.5 Å². The number of rotatable bonds is 5. The largest absolute Gasteiger partial charge is 0.0622 e. The first-order chi connectivity index (χ1) is 14.9. The van der Waals surface area contributed by atoms with E-state index in [0.717, 1.165) is 0 Å². The Morgan fingerprint density at radius 1 is 0.267 bits per heavy atom. The lowest BCUT2D eigenvalue weighted by molar-refractivity contribution is 0.883. The molecule has 0 nitrogen and oxygen atoms in total. The molecule has 0 atom stereocenters. The van der Waals surface area contributed by atoms with Gasteiger partial charge in [0, 0.05) is 11.8 Å². The molecular weight excluding hydrogens is 360 g/mol. The van der Waals surface area contributed by atoms with Gasteiger partial charge >= 0.3 is 0 Å². The maximum absolute atomic E-state index is 2.25. The van der Waals surface area contributed by atoms with Gasteiger partial charge in [-0.25, -0.2) is 0 Å². The summed E-state index contributed by atoms with van der Waals surface area (Å²) in [5.41, 5.74) is 11.4. The van der Waals surface area contributed by atoms with Crippen LogP contribution in [0.15, 0.2) is 121 Å². The molecule has 4 aromatic carbocycles. The van der Waals surface area contributed by atoms with Gasteiger partial charge in [0.2, 0.25) is 0 Å². The van der Waals surface area contributed by atoms with E-state index in [1.807, 2.05) is 0 Å². The molecule has 4 aromatic rings. The van der Waals surface area contributed by atoms with Crippen molar-refractivity contribution in [2.75, 3.05) is 0 Å². The third-order valence-electron chi connectivity index (χ3n) is 6.33. The zero-order valence-corrected chi connectivity index (χ0v) is 16.7. The molecule has 0 aromatic heterocycles. The number of hydrogen-bond acceptors (Lipinski definition) is 0. The molecule has 0 N–H and O–H groups in total. The molecule has 0 heterocycles. The van der Waals surface area contributed by atoms with Gasteiger partial charge in [-0.3, -0.25) is 0 Å². The average molecular weight is 383 g/mol. The Morgan fingerprint density at radius 3 is 0.667 bits per heavy atom. The van der Waals surface area contributed by atoms with Crippen LogP contribution in [0.2, 0.25) is 0 Å². The molecule has 30 heavy (non-hydrogen) atoms. The van der Waals surface area contributed by atoms with Gasteiger partial charge in [0.1, 0.15) is 0 Å². The molecule has 0 bridgehead atoms. The van der Waals surface area contributed by atoms with Crippen molar-refractivity contribution in [3.8, 4) is 0 Å². The summed E-state index contributed by atoms with van der Waals surface area (Å²) in [4.78, 5) is 0. The highest BCUT2D eigenvalue weighted by molar-refractivity contribution is 6.21. The van der Waals surface area contributed by atoms with Crippen molar-refractivity contribution in [1.29, 1.82) is 0 Å². The van der Waals surface area contributed by atoms with Crippen molar-refractivity contribution in [2.24, 2.45) is 11.8 Å². The van der Waals surface area contributed by atoms with Crippen LogP contribution in [0, 0.1) is 11.8 Å². The minimum atomic E-state index is 0.459. The van der Waals surface area contributed by atoms with Gasteiger partial charge in [0.25, 0.3) is 0 Å². The van der Waals surface area contributed by atoms with Gasteiger partial charge in [-0.1, -0.05) is 121 Å². The molecule has 0 fully saturated rings. The van der Waals surface area contributed by atoms with Crippen LogP contribution < -0.4 is 0 Å². The normalized spacial score (nSPS) is 16.1. The van der Waals surface area contributed by atoms with Gasteiger partial charge in [-0.2, -0.15) is 0 Å². The lowest BCUT2D eigenvalue weighted by Gasteiger charge is -2.05. The highest BCUT2D eigenvalue weighted by Gasteiger charge is 2.53. The van der Waals surface area contributed by atoms with E-state index >= 15 is 0 Å². The smallest absolute Gasteiger partial charge is 0.0218 e. The van der Waals surface area contributed by atoms with E-state index in [9.17, 15) is 0 Å². The zero-order chi connectivity index (χ0) is 19.9.